The van der Waals surface area contributed by atoms with E-state index in [1.807, 2.05) is 17.8 Å². The SMILES string of the molecule is CCCCCCCC(N)c1nn(C)c2ccccc12. The second kappa shape index (κ2) is 6.71. The van der Waals surface area contributed by atoms with Gasteiger partial charge in [0.15, 0.2) is 0 Å². The second-order valence-electron chi connectivity index (χ2n) is 5.34. The van der Waals surface area contributed by atoms with Crippen molar-refractivity contribution < 1.29 is 0 Å². The van der Waals surface area contributed by atoms with Crippen molar-refractivity contribution in [1.82, 2.24) is 9.78 Å². The summed E-state index contributed by atoms with van der Waals surface area (Å²) in [4.78, 5) is 0. The zero-order valence-electron chi connectivity index (χ0n) is 12.1. The summed E-state index contributed by atoms with van der Waals surface area (Å²) in [5, 5.41) is 5.80. The van der Waals surface area contributed by atoms with E-state index in [0.29, 0.717) is 0 Å². The molecular weight excluding hydrogens is 234 g/mol. The van der Waals surface area contributed by atoms with Crippen LogP contribution in [0.15, 0.2) is 24.3 Å². The van der Waals surface area contributed by atoms with Crippen LogP contribution in [-0.4, -0.2) is 9.78 Å². The Balaban J connectivity index is 1.99. The fourth-order valence-corrected chi connectivity index (χ4v) is 2.62. The Bertz CT molecular complexity index is 516. The molecule has 3 heteroatoms. The van der Waals surface area contributed by atoms with Crippen LogP contribution in [0.4, 0.5) is 0 Å². The van der Waals surface area contributed by atoms with Gasteiger partial charge in [-0.2, -0.15) is 5.10 Å². The van der Waals surface area contributed by atoms with Gasteiger partial charge in [-0.1, -0.05) is 57.2 Å². The van der Waals surface area contributed by atoms with E-state index in [1.54, 1.807) is 0 Å². The zero-order valence-corrected chi connectivity index (χ0v) is 12.1. The van der Waals surface area contributed by atoms with Gasteiger partial charge in [-0.25, -0.2) is 0 Å². The molecule has 0 saturated carbocycles. The second-order valence-corrected chi connectivity index (χ2v) is 5.34. The van der Waals surface area contributed by atoms with Crippen LogP contribution in [0.1, 0.15) is 57.2 Å². The molecule has 2 N–H and O–H groups in total. The third-order valence-electron chi connectivity index (χ3n) is 3.76. The first-order valence-corrected chi connectivity index (χ1v) is 7.41. The van der Waals surface area contributed by atoms with Crippen molar-refractivity contribution in [3.63, 3.8) is 0 Å². The largest absolute Gasteiger partial charge is 0.323 e. The van der Waals surface area contributed by atoms with Gasteiger partial charge in [0, 0.05) is 18.5 Å². The third kappa shape index (κ3) is 3.35. The third-order valence-corrected chi connectivity index (χ3v) is 3.76. The van der Waals surface area contributed by atoms with Crippen molar-refractivity contribution in [3.05, 3.63) is 30.0 Å². The Labute approximate surface area is 115 Å². The number of hydrogen-bond acceptors (Lipinski definition) is 2. The van der Waals surface area contributed by atoms with Gasteiger partial charge in [0.2, 0.25) is 0 Å². The Kier molecular flexibility index (Phi) is 4.97. The molecule has 0 radical (unpaired) electrons. The van der Waals surface area contributed by atoms with Crippen molar-refractivity contribution in [1.29, 1.82) is 0 Å². The quantitative estimate of drug-likeness (QED) is 0.765. The van der Waals surface area contributed by atoms with E-state index in [0.717, 1.165) is 12.1 Å². The number of nitrogens with zero attached hydrogens (tertiary/aromatic N) is 2. The summed E-state index contributed by atoms with van der Waals surface area (Å²) >= 11 is 0. The maximum atomic E-state index is 6.31. The maximum Gasteiger partial charge on any atom is 0.0870 e. The number of fused-ring (bicyclic) bond motifs is 1. The van der Waals surface area contributed by atoms with Gasteiger partial charge in [0.25, 0.3) is 0 Å². The molecule has 19 heavy (non-hydrogen) atoms. The van der Waals surface area contributed by atoms with Crippen molar-refractivity contribution in [2.24, 2.45) is 12.8 Å². The van der Waals surface area contributed by atoms with E-state index in [4.69, 9.17) is 5.73 Å². The van der Waals surface area contributed by atoms with Crippen molar-refractivity contribution >= 4 is 10.9 Å². The van der Waals surface area contributed by atoms with Gasteiger partial charge < -0.3 is 5.73 Å². The molecule has 0 amide bonds. The highest BCUT2D eigenvalue weighted by Crippen LogP contribution is 2.25. The molecule has 0 aliphatic rings. The van der Waals surface area contributed by atoms with Crippen LogP contribution >= 0.6 is 0 Å². The summed E-state index contributed by atoms with van der Waals surface area (Å²) in [5.74, 6) is 0. The first-order valence-electron chi connectivity index (χ1n) is 7.41. The molecule has 1 unspecified atom stereocenters. The van der Waals surface area contributed by atoms with Gasteiger partial charge in [0.05, 0.1) is 11.2 Å². The lowest BCUT2D eigenvalue weighted by Crippen LogP contribution is -2.11. The van der Waals surface area contributed by atoms with Crippen LogP contribution in [0.3, 0.4) is 0 Å². The summed E-state index contributed by atoms with van der Waals surface area (Å²) in [6, 6.07) is 8.38. The highest BCUT2D eigenvalue weighted by molar-refractivity contribution is 5.82. The van der Waals surface area contributed by atoms with E-state index < -0.39 is 0 Å². The summed E-state index contributed by atoms with van der Waals surface area (Å²) in [7, 11) is 1.99. The average molecular weight is 259 g/mol. The van der Waals surface area contributed by atoms with Crippen LogP contribution in [-0.2, 0) is 7.05 Å². The lowest BCUT2D eigenvalue weighted by atomic mass is 10.0. The highest BCUT2D eigenvalue weighted by atomic mass is 15.3. The van der Waals surface area contributed by atoms with Crippen LogP contribution < -0.4 is 5.73 Å². The number of hydrogen-bond donors (Lipinski definition) is 1. The van der Waals surface area contributed by atoms with Crippen LogP contribution in [0.5, 0.6) is 0 Å². The van der Waals surface area contributed by atoms with Crippen molar-refractivity contribution in [2.75, 3.05) is 0 Å². The Morgan fingerprint density at radius 3 is 2.68 bits per heavy atom. The molecule has 104 valence electrons. The summed E-state index contributed by atoms with van der Waals surface area (Å²) < 4.78 is 1.93. The van der Waals surface area contributed by atoms with Crippen LogP contribution in [0.2, 0.25) is 0 Å². The Morgan fingerprint density at radius 2 is 1.89 bits per heavy atom. The van der Waals surface area contributed by atoms with E-state index in [2.05, 4.69) is 30.2 Å². The molecule has 0 aliphatic heterocycles. The minimum atomic E-state index is 0.0627. The Hall–Kier alpha value is -1.35. The monoisotopic (exact) mass is 259 g/mol. The van der Waals surface area contributed by atoms with Gasteiger partial charge in [-0.15, -0.1) is 0 Å². The van der Waals surface area contributed by atoms with Gasteiger partial charge >= 0.3 is 0 Å². The van der Waals surface area contributed by atoms with Crippen molar-refractivity contribution in [2.45, 2.75) is 51.5 Å². The summed E-state index contributed by atoms with van der Waals surface area (Å²) in [5.41, 5.74) is 8.53. The number of aryl methyl sites for hydroxylation is 1. The lowest BCUT2D eigenvalue weighted by Gasteiger charge is -2.09. The molecule has 0 spiro atoms. The molecule has 0 bridgehead atoms. The van der Waals surface area contributed by atoms with Crippen LogP contribution in [0.25, 0.3) is 10.9 Å². The van der Waals surface area contributed by atoms with Gasteiger partial charge in [-0.3, -0.25) is 4.68 Å². The number of benzene rings is 1. The molecule has 1 atom stereocenters. The molecule has 1 aromatic carbocycles. The molecular formula is C16H25N3. The molecule has 0 fully saturated rings. The number of para-hydroxylation sites is 1. The minimum absolute atomic E-state index is 0.0627. The molecule has 3 nitrogen and oxygen atoms in total. The number of aromatic nitrogens is 2. The molecule has 2 rings (SSSR count). The predicted octanol–water partition coefficient (Wildman–Crippen LogP) is 3.93. The smallest absolute Gasteiger partial charge is 0.0870 e. The van der Waals surface area contributed by atoms with E-state index in [-0.39, 0.29) is 6.04 Å². The molecule has 0 aliphatic carbocycles. The normalized spacial score (nSPS) is 13.0. The average Bonchev–Trinajstić information content (AvgIpc) is 2.76. The van der Waals surface area contributed by atoms with Gasteiger partial charge in [0.1, 0.15) is 0 Å². The van der Waals surface area contributed by atoms with E-state index in [9.17, 15) is 0 Å². The fraction of sp³-hybridized carbons (Fsp3) is 0.562. The number of unbranched alkanes of at least 4 members (excludes halogenated alkanes) is 4. The lowest BCUT2D eigenvalue weighted by molar-refractivity contribution is 0.544. The topological polar surface area (TPSA) is 43.8 Å². The summed E-state index contributed by atoms with van der Waals surface area (Å²) in [6.07, 6.45) is 7.47. The number of rotatable bonds is 7. The molecule has 1 heterocycles. The van der Waals surface area contributed by atoms with Gasteiger partial charge in [-0.05, 0) is 12.5 Å². The molecule has 1 aromatic heterocycles. The first kappa shape index (κ1) is 14.1. The van der Waals surface area contributed by atoms with Crippen molar-refractivity contribution in [3.8, 4) is 0 Å². The minimum Gasteiger partial charge on any atom is -0.323 e. The molecule has 2 aromatic rings. The zero-order chi connectivity index (χ0) is 13.7. The summed E-state index contributed by atoms with van der Waals surface area (Å²) in [6.45, 7) is 2.24. The standard InChI is InChI=1S/C16H25N3/c1-3-4-5-6-7-11-14(17)16-13-10-8-9-12-15(13)19(2)18-16/h8-10,12,14H,3-7,11,17H2,1-2H3. The fourth-order valence-electron chi connectivity index (χ4n) is 2.62. The number of nitrogens with two attached hydrogens (primary N) is 1. The molecule has 0 saturated heterocycles. The van der Waals surface area contributed by atoms with E-state index >= 15 is 0 Å². The Morgan fingerprint density at radius 1 is 1.16 bits per heavy atom. The predicted molar refractivity (Wildman–Crippen MR) is 81.0 cm³/mol. The first-order chi connectivity index (χ1) is 9.24. The van der Waals surface area contributed by atoms with Crippen LogP contribution in [0, 0.1) is 0 Å². The highest BCUT2D eigenvalue weighted by Gasteiger charge is 2.14. The maximum absolute atomic E-state index is 6.31. The van der Waals surface area contributed by atoms with E-state index in [1.165, 1.54) is 43.0 Å².